The third-order valence-corrected chi connectivity index (χ3v) is 5.62. The number of piperidine rings is 1. The molecule has 2 saturated heterocycles. The fourth-order valence-electron chi connectivity index (χ4n) is 4.30. The summed E-state index contributed by atoms with van der Waals surface area (Å²) in [4.78, 5) is 17.2. The van der Waals surface area contributed by atoms with Gasteiger partial charge >= 0.3 is 0 Å². The number of carbonyl (C=O) groups is 1. The summed E-state index contributed by atoms with van der Waals surface area (Å²) in [6.07, 6.45) is 4.52. The Kier molecular flexibility index (Phi) is 6.10. The van der Waals surface area contributed by atoms with E-state index in [-0.39, 0.29) is 11.7 Å². The maximum Gasteiger partial charge on any atom is 0.222 e. The number of nitrogens with zero attached hydrogens (tertiary/aromatic N) is 2. The van der Waals surface area contributed by atoms with Crippen molar-refractivity contribution in [1.29, 1.82) is 0 Å². The lowest BCUT2D eigenvalue weighted by atomic mass is 9.88. The molecule has 2 fully saturated rings. The number of benzene rings is 1. The van der Waals surface area contributed by atoms with Crippen LogP contribution in [0.25, 0.3) is 0 Å². The Labute approximate surface area is 151 Å². The molecule has 1 aromatic rings. The van der Waals surface area contributed by atoms with Gasteiger partial charge in [0.05, 0.1) is 0 Å². The number of amides is 1. The fraction of sp³-hybridized carbons (Fsp3) is 0.667. The lowest BCUT2D eigenvalue weighted by molar-refractivity contribution is -0.131. The molecule has 2 heterocycles. The van der Waals surface area contributed by atoms with Gasteiger partial charge in [0.2, 0.25) is 5.91 Å². The summed E-state index contributed by atoms with van der Waals surface area (Å²) in [7, 11) is 0. The van der Waals surface area contributed by atoms with E-state index in [1.54, 1.807) is 12.1 Å². The van der Waals surface area contributed by atoms with Crippen LogP contribution in [0.2, 0.25) is 0 Å². The van der Waals surface area contributed by atoms with Gasteiger partial charge in [-0.05, 0) is 55.5 Å². The smallest absolute Gasteiger partial charge is 0.222 e. The molecule has 0 spiro atoms. The van der Waals surface area contributed by atoms with E-state index in [0.717, 1.165) is 19.6 Å². The number of hydrogen-bond acceptors (Lipinski definition) is 2. The van der Waals surface area contributed by atoms with E-state index >= 15 is 0 Å². The first kappa shape index (κ1) is 18.4. The van der Waals surface area contributed by atoms with Crippen LogP contribution in [0.3, 0.4) is 0 Å². The predicted molar refractivity (Wildman–Crippen MR) is 99.0 cm³/mol. The van der Waals surface area contributed by atoms with Crippen LogP contribution in [-0.2, 0) is 4.79 Å². The summed E-state index contributed by atoms with van der Waals surface area (Å²) < 4.78 is 13.3. The quantitative estimate of drug-likeness (QED) is 0.807. The second-order valence-electron chi connectivity index (χ2n) is 8.18. The average Bonchev–Trinajstić information content (AvgIpc) is 3.00. The van der Waals surface area contributed by atoms with Gasteiger partial charge in [0, 0.05) is 32.0 Å². The summed E-state index contributed by atoms with van der Waals surface area (Å²) in [5.74, 6) is 1.22. The van der Waals surface area contributed by atoms with Crippen LogP contribution in [0.15, 0.2) is 24.3 Å². The summed E-state index contributed by atoms with van der Waals surface area (Å²) >= 11 is 0. The van der Waals surface area contributed by atoms with Crippen LogP contribution >= 0.6 is 0 Å². The highest BCUT2D eigenvalue weighted by Crippen LogP contribution is 2.34. The Morgan fingerprint density at radius 1 is 1.12 bits per heavy atom. The second-order valence-corrected chi connectivity index (χ2v) is 8.18. The molecule has 25 heavy (non-hydrogen) atoms. The van der Waals surface area contributed by atoms with Gasteiger partial charge < -0.3 is 9.80 Å². The molecule has 0 N–H and O–H groups in total. The van der Waals surface area contributed by atoms with Crippen molar-refractivity contribution in [3.05, 3.63) is 35.6 Å². The highest BCUT2D eigenvalue weighted by Gasteiger charge is 2.37. The summed E-state index contributed by atoms with van der Waals surface area (Å²) in [6, 6.07) is 6.90. The zero-order valence-corrected chi connectivity index (χ0v) is 15.6. The molecule has 3 nitrogen and oxygen atoms in total. The van der Waals surface area contributed by atoms with E-state index in [9.17, 15) is 9.18 Å². The van der Waals surface area contributed by atoms with Crippen LogP contribution in [0.5, 0.6) is 0 Å². The van der Waals surface area contributed by atoms with Gasteiger partial charge in [0.25, 0.3) is 0 Å². The zero-order chi connectivity index (χ0) is 17.8. The largest absolute Gasteiger partial charge is 0.342 e. The Morgan fingerprint density at radius 2 is 1.80 bits per heavy atom. The average molecular weight is 346 g/mol. The molecule has 1 aromatic carbocycles. The maximum atomic E-state index is 13.3. The van der Waals surface area contributed by atoms with Crippen LogP contribution in [0.4, 0.5) is 4.39 Å². The molecule has 0 aromatic heterocycles. The van der Waals surface area contributed by atoms with Crippen molar-refractivity contribution >= 4 is 5.91 Å². The highest BCUT2D eigenvalue weighted by atomic mass is 19.1. The summed E-state index contributed by atoms with van der Waals surface area (Å²) in [5, 5.41) is 0. The minimum absolute atomic E-state index is 0.193. The topological polar surface area (TPSA) is 23.6 Å². The third-order valence-electron chi connectivity index (χ3n) is 5.62. The van der Waals surface area contributed by atoms with Gasteiger partial charge in [-0.3, -0.25) is 4.79 Å². The molecule has 0 radical (unpaired) electrons. The molecule has 138 valence electrons. The van der Waals surface area contributed by atoms with Crippen molar-refractivity contribution < 1.29 is 9.18 Å². The molecule has 0 saturated carbocycles. The maximum absolute atomic E-state index is 13.3. The Morgan fingerprint density at radius 3 is 2.44 bits per heavy atom. The fourth-order valence-corrected chi connectivity index (χ4v) is 4.30. The van der Waals surface area contributed by atoms with Gasteiger partial charge in [-0.25, -0.2) is 4.39 Å². The lowest BCUT2D eigenvalue weighted by Crippen LogP contribution is -2.37. The van der Waals surface area contributed by atoms with E-state index in [1.165, 1.54) is 37.9 Å². The number of carbonyl (C=O) groups excluding carboxylic acids is 1. The first-order chi connectivity index (χ1) is 12.0. The Hall–Kier alpha value is -1.42. The highest BCUT2D eigenvalue weighted by molar-refractivity contribution is 5.76. The second kappa shape index (κ2) is 8.31. The Bertz CT molecular complexity index is 566. The van der Waals surface area contributed by atoms with E-state index in [4.69, 9.17) is 0 Å². The summed E-state index contributed by atoms with van der Waals surface area (Å²) in [6.45, 7) is 9.19. The first-order valence-electron chi connectivity index (χ1n) is 9.78. The summed E-state index contributed by atoms with van der Waals surface area (Å²) in [5.41, 5.74) is 1.17. The number of likely N-dealkylation sites (tertiary alicyclic amines) is 2. The van der Waals surface area contributed by atoms with Gasteiger partial charge in [0.15, 0.2) is 0 Å². The van der Waals surface area contributed by atoms with Crippen molar-refractivity contribution in [2.75, 3.05) is 32.7 Å². The molecular formula is C21H31FN2O. The molecule has 2 aliphatic heterocycles. The SMILES string of the molecule is CC(C)CC(=O)N1C[C@H](CN2CCCCC2)[C@H](c2ccc(F)cc2)C1. The van der Waals surface area contributed by atoms with Crippen LogP contribution in [0.1, 0.15) is 51.0 Å². The minimum atomic E-state index is -0.193. The van der Waals surface area contributed by atoms with Crippen molar-refractivity contribution in [1.82, 2.24) is 9.80 Å². The molecule has 4 heteroatoms. The van der Waals surface area contributed by atoms with Crippen LogP contribution < -0.4 is 0 Å². The van der Waals surface area contributed by atoms with Gasteiger partial charge in [-0.1, -0.05) is 32.4 Å². The molecular weight excluding hydrogens is 315 g/mol. The molecule has 1 amide bonds. The number of hydrogen-bond donors (Lipinski definition) is 0. The van der Waals surface area contributed by atoms with Gasteiger partial charge in [0.1, 0.15) is 5.82 Å². The van der Waals surface area contributed by atoms with Crippen LogP contribution in [0, 0.1) is 17.7 Å². The minimum Gasteiger partial charge on any atom is -0.342 e. The molecule has 0 aliphatic carbocycles. The number of rotatable bonds is 5. The van der Waals surface area contributed by atoms with Crippen molar-refractivity contribution in [2.45, 2.75) is 45.4 Å². The monoisotopic (exact) mass is 346 g/mol. The van der Waals surface area contributed by atoms with E-state index in [0.29, 0.717) is 24.2 Å². The first-order valence-corrected chi connectivity index (χ1v) is 9.78. The molecule has 3 rings (SSSR count). The zero-order valence-electron chi connectivity index (χ0n) is 15.6. The molecule has 2 aliphatic rings. The molecule has 0 bridgehead atoms. The normalized spacial score (nSPS) is 24.9. The van der Waals surface area contributed by atoms with E-state index in [1.807, 2.05) is 17.0 Å². The van der Waals surface area contributed by atoms with Crippen molar-refractivity contribution in [2.24, 2.45) is 11.8 Å². The van der Waals surface area contributed by atoms with E-state index in [2.05, 4.69) is 18.7 Å². The Balaban J connectivity index is 1.73. The van der Waals surface area contributed by atoms with Gasteiger partial charge in [-0.2, -0.15) is 0 Å². The third kappa shape index (κ3) is 4.81. The van der Waals surface area contributed by atoms with Crippen molar-refractivity contribution in [3.8, 4) is 0 Å². The van der Waals surface area contributed by atoms with Crippen LogP contribution in [-0.4, -0.2) is 48.4 Å². The van der Waals surface area contributed by atoms with E-state index < -0.39 is 0 Å². The number of halogens is 1. The van der Waals surface area contributed by atoms with Crippen molar-refractivity contribution in [3.63, 3.8) is 0 Å². The molecule has 2 atom stereocenters. The standard InChI is InChI=1S/C21H31FN2O/c1-16(2)12-21(25)24-14-18(13-23-10-4-3-5-11-23)20(15-24)17-6-8-19(22)9-7-17/h6-9,16,18,20H,3-5,10-15H2,1-2H3/t18-,20-/m0/s1. The lowest BCUT2D eigenvalue weighted by Gasteiger charge is -2.31. The van der Waals surface area contributed by atoms with Gasteiger partial charge in [-0.15, -0.1) is 0 Å². The molecule has 0 unspecified atom stereocenters. The predicted octanol–water partition coefficient (Wildman–Crippen LogP) is 3.90.